The molecular formula is C27H26N2O5. The molecule has 0 fully saturated rings. The lowest BCUT2D eigenvalue weighted by molar-refractivity contribution is -0.137. The van der Waals surface area contributed by atoms with Gasteiger partial charge in [0.25, 0.3) is 5.91 Å². The molecule has 1 aliphatic carbocycles. The second-order valence-electron chi connectivity index (χ2n) is 8.20. The number of carbonyl (C=O) groups excluding carboxylic acids is 2. The largest absolute Gasteiger partial charge is 0.481 e. The van der Waals surface area contributed by atoms with Crippen molar-refractivity contribution in [2.75, 3.05) is 11.9 Å². The Labute approximate surface area is 197 Å². The van der Waals surface area contributed by atoms with Crippen LogP contribution in [0.4, 0.5) is 10.5 Å². The Morgan fingerprint density at radius 2 is 1.50 bits per heavy atom. The highest BCUT2D eigenvalue weighted by Gasteiger charge is 2.29. The molecule has 2 amide bonds. The lowest BCUT2D eigenvalue weighted by Crippen LogP contribution is -2.36. The van der Waals surface area contributed by atoms with Crippen molar-refractivity contribution >= 4 is 23.7 Å². The van der Waals surface area contributed by atoms with E-state index in [2.05, 4.69) is 34.9 Å². The summed E-state index contributed by atoms with van der Waals surface area (Å²) in [5.41, 5.74) is 5.47. The Bertz CT molecular complexity index is 1160. The molecule has 174 valence electrons. The predicted octanol–water partition coefficient (Wildman–Crippen LogP) is 5.03. The lowest BCUT2D eigenvalue weighted by atomic mass is 9.98. The number of anilines is 1. The maximum atomic E-state index is 12.4. The number of amides is 2. The number of fused-ring (bicyclic) bond motifs is 3. The van der Waals surface area contributed by atoms with E-state index in [9.17, 15) is 14.4 Å². The molecule has 7 heteroatoms. The van der Waals surface area contributed by atoms with Crippen LogP contribution in [0.2, 0.25) is 0 Å². The molecule has 0 heterocycles. The first-order valence-electron chi connectivity index (χ1n) is 11.2. The molecule has 0 spiro atoms. The van der Waals surface area contributed by atoms with Gasteiger partial charge in [0, 0.05) is 23.2 Å². The minimum absolute atomic E-state index is 0.0264. The van der Waals surface area contributed by atoms with E-state index in [0.29, 0.717) is 17.7 Å². The Balaban J connectivity index is 1.34. The number of ether oxygens (including phenoxy) is 1. The van der Waals surface area contributed by atoms with Crippen LogP contribution in [0.1, 0.15) is 47.2 Å². The molecule has 0 aliphatic heterocycles. The fraction of sp³-hybridized carbons (Fsp3) is 0.222. The zero-order chi connectivity index (χ0) is 24.1. The topological polar surface area (TPSA) is 105 Å². The van der Waals surface area contributed by atoms with Crippen LogP contribution < -0.4 is 10.6 Å². The molecule has 34 heavy (non-hydrogen) atoms. The van der Waals surface area contributed by atoms with Gasteiger partial charge in [-0.1, -0.05) is 55.5 Å². The number of hydrogen-bond acceptors (Lipinski definition) is 4. The highest BCUT2D eigenvalue weighted by molar-refractivity contribution is 5.95. The molecule has 0 saturated carbocycles. The molecular weight excluding hydrogens is 432 g/mol. The number of nitrogens with one attached hydrogen (secondary N) is 2. The molecule has 3 N–H and O–H groups in total. The number of carbonyl (C=O) groups is 3. The third-order valence-corrected chi connectivity index (χ3v) is 5.99. The quantitative estimate of drug-likeness (QED) is 0.439. The van der Waals surface area contributed by atoms with Gasteiger partial charge in [0.05, 0.1) is 6.42 Å². The smallest absolute Gasteiger partial charge is 0.411 e. The number of carboxylic acid groups (broad SMARTS) is 1. The molecule has 7 nitrogen and oxygen atoms in total. The van der Waals surface area contributed by atoms with Gasteiger partial charge < -0.3 is 15.2 Å². The fourth-order valence-corrected chi connectivity index (χ4v) is 4.23. The molecule has 0 aromatic heterocycles. The normalized spacial score (nSPS) is 12.9. The van der Waals surface area contributed by atoms with Gasteiger partial charge in [0.1, 0.15) is 6.61 Å². The summed E-state index contributed by atoms with van der Waals surface area (Å²) in [5.74, 6) is -1.35. The van der Waals surface area contributed by atoms with Crippen molar-refractivity contribution in [2.45, 2.75) is 31.7 Å². The standard InChI is InChI=1S/C27H26N2O5/c1-2-18(15-25(30)31)28-26(32)17-11-13-19(14-12-17)29-27(33)34-16-24-22-9-5-3-7-20(22)21-8-4-6-10-23(21)24/h3-14,18,24H,2,15-16H2,1H3,(H,28,32)(H,29,33)(H,30,31)/t18-/m1/s1. The van der Waals surface area contributed by atoms with Gasteiger partial charge in [-0.3, -0.25) is 14.9 Å². The van der Waals surface area contributed by atoms with Gasteiger partial charge in [-0.25, -0.2) is 4.79 Å². The summed E-state index contributed by atoms with van der Waals surface area (Å²) in [7, 11) is 0. The minimum atomic E-state index is -0.963. The summed E-state index contributed by atoms with van der Waals surface area (Å²) >= 11 is 0. The van der Waals surface area contributed by atoms with Crippen LogP contribution in [0, 0.1) is 0 Å². The Hall–Kier alpha value is -4.13. The first kappa shape index (κ1) is 23.0. The Morgan fingerprint density at radius 3 is 2.06 bits per heavy atom. The van der Waals surface area contributed by atoms with Gasteiger partial charge in [-0.05, 0) is 52.9 Å². The van der Waals surface area contributed by atoms with Crippen LogP contribution >= 0.6 is 0 Å². The SMILES string of the molecule is CC[C@H](CC(=O)O)NC(=O)c1ccc(NC(=O)OCC2c3ccccc3-c3ccccc32)cc1. The van der Waals surface area contributed by atoms with Crippen molar-refractivity contribution < 1.29 is 24.2 Å². The summed E-state index contributed by atoms with van der Waals surface area (Å²) < 4.78 is 5.54. The van der Waals surface area contributed by atoms with Gasteiger partial charge in [-0.15, -0.1) is 0 Å². The first-order valence-corrected chi connectivity index (χ1v) is 11.2. The minimum Gasteiger partial charge on any atom is -0.481 e. The molecule has 0 radical (unpaired) electrons. The van der Waals surface area contributed by atoms with E-state index < -0.39 is 18.1 Å². The van der Waals surface area contributed by atoms with Crippen molar-refractivity contribution in [3.63, 3.8) is 0 Å². The highest BCUT2D eigenvalue weighted by atomic mass is 16.5. The van der Waals surface area contributed by atoms with Gasteiger partial charge in [0.15, 0.2) is 0 Å². The molecule has 0 unspecified atom stereocenters. The molecule has 4 rings (SSSR count). The number of rotatable bonds is 8. The average Bonchev–Trinajstić information content (AvgIpc) is 3.16. The van der Waals surface area contributed by atoms with Crippen LogP contribution in [-0.4, -0.2) is 35.7 Å². The molecule has 1 atom stereocenters. The van der Waals surface area contributed by atoms with E-state index in [-0.39, 0.29) is 24.9 Å². The van der Waals surface area contributed by atoms with Crippen LogP contribution in [0.15, 0.2) is 72.8 Å². The number of benzene rings is 3. The van der Waals surface area contributed by atoms with E-state index in [4.69, 9.17) is 9.84 Å². The van der Waals surface area contributed by atoms with E-state index >= 15 is 0 Å². The van der Waals surface area contributed by atoms with Gasteiger partial charge >= 0.3 is 12.1 Å². The van der Waals surface area contributed by atoms with Crippen molar-refractivity contribution in [3.8, 4) is 11.1 Å². The van der Waals surface area contributed by atoms with Crippen LogP contribution in [0.3, 0.4) is 0 Å². The highest BCUT2D eigenvalue weighted by Crippen LogP contribution is 2.44. The summed E-state index contributed by atoms with van der Waals surface area (Å²) in [6.07, 6.45) is -0.199. The zero-order valence-electron chi connectivity index (χ0n) is 18.8. The van der Waals surface area contributed by atoms with Crippen LogP contribution in [0.25, 0.3) is 11.1 Å². The lowest BCUT2D eigenvalue weighted by Gasteiger charge is -2.15. The molecule has 3 aromatic carbocycles. The van der Waals surface area contributed by atoms with Crippen molar-refractivity contribution in [1.29, 1.82) is 0 Å². The second-order valence-corrected chi connectivity index (χ2v) is 8.20. The van der Waals surface area contributed by atoms with E-state index in [1.54, 1.807) is 24.3 Å². The maximum absolute atomic E-state index is 12.4. The van der Waals surface area contributed by atoms with Crippen molar-refractivity contribution in [3.05, 3.63) is 89.5 Å². The maximum Gasteiger partial charge on any atom is 0.411 e. The van der Waals surface area contributed by atoms with Crippen LogP contribution in [-0.2, 0) is 9.53 Å². The van der Waals surface area contributed by atoms with E-state index in [1.807, 2.05) is 31.2 Å². The predicted molar refractivity (Wildman–Crippen MR) is 129 cm³/mol. The molecule has 1 aliphatic rings. The first-order chi connectivity index (χ1) is 16.5. The van der Waals surface area contributed by atoms with Crippen molar-refractivity contribution in [2.24, 2.45) is 0 Å². The van der Waals surface area contributed by atoms with Crippen molar-refractivity contribution in [1.82, 2.24) is 5.32 Å². The molecule has 0 bridgehead atoms. The fourth-order valence-electron chi connectivity index (χ4n) is 4.23. The monoisotopic (exact) mass is 458 g/mol. The van der Waals surface area contributed by atoms with Gasteiger partial charge in [0.2, 0.25) is 0 Å². The number of hydrogen-bond donors (Lipinski definition) is 3. The summed E-state index contributed by atoms with van der Waals surface area (Å²) in [4.78, 5) is 35.7. The van der Waals surface area contributed by atoms with Crippen LogP contribution in [0.5, 0.6) is 0 Å². The summed E-state index contributed by atoms with van der Waals surface area (Å²) in [6.45, 7) is 2.03. The third kappa shape index (κ3) is 5.09. The summed E-state index contributed by atoms with van der Waals surface area (Å²) in [6, 6.07) is 22.2. The van der Waals surface area contributed by atoms with E-state index in [1.165, 1.54) is 0 Å². The third-order valence-electron chi connectivity index (χ3n) is 5.99. The Kier molecular flexibility index (Phi) is 6.92. The average molecular weight is 459 g/mol. The summed E-state index contributed by atoms with van der Waals surface area (Å²) in [5, 5.41) is 14.3. The Morgan fingerprint density at radius 1 is 0.912 bits per heavy atom. The number of aliphatic carboxylic acids is 1. The van der Waals surface area contributed by atoms with E-state index in [0.717, 1.165) is 22.3 Å². The molecule has 0 saturated heterocycles. The zero-order valence-corrected chi connectivity index (χ0v) is 18.8. The molecule has 3 aromatic rings. The number of carboxylic acids is 1. The van der Waals surface area contributed by atoms with Gasteiger partial charge in [-0.2, -0.15) is 0 Å². The second kappa shape index (κ2) is 10.2.